The number of hydrogen-bond acceptors (Lipinski definition) is 2. The van der Waals surface area contributed by atoms with Gasteiger partial charge in [-0.15, -0.1) is 0 Å². The summed E-state index contributed by atoms with van der Waals surface area (Å²) in [6.07, 6.45) is 0.185. The summed E-state index contributed by atoms with van der Waals surface area (Å²) in [5.41, 5.74) is 0. The van der Waals surface area contributed by atoms with E-state index in [2.05, 4.69) is 4.74 Å². The molecule has 1 radical (unpaired) electrons. The Kier molecular flexibility index (Phi) is 4.04. The van der Waals surface area contributed by atoms with Gasteiger partial charge in [0.15, 0.2) is 6.29 Å². The standard InChI is InChI=1S/C5H11O2/c1-3-4-7-5(2)6/h4-6H,3H2,1-2H3. The first-order chi connectivity index (χ1) is 3.27. The van der Waals surface area contributed by atoms with Crippen molar-refractivity contribution in [2.24, 2.45) is 0 Å². The lowest BCUT2D eigenvalue weighted by Gasteiger charge is -2.01. The molecule has 0 aliphatic carbocycles. The van der Waals surface area contributed by atoms with Gasteiger partial charge in [0.25, 0.3) is 0 Å². The number of rotatable bonds is 3. The third-order valence-electron chi connectivity index (χ3n) is 0.460. The Morgan fingerprint density at radius 1 is 1.86 bits per heavy atom. The second-order valence-corrected chi connectivity index (χ2v) is 1.31. The minimum Gasteiger partial charge on any atom is -0.368 e. The lowest BCUT2D eigenvalue weighted by Crippen LogP contribution is -2.02. The molecule has 0 amide bonds. The highest BCUT2D eigenvalue weighted by molar-refractivity contribution is 4.42. The van der Waals surface area contributed by atoms with Gasteiger partial charge < -0.3 is 9.84 Å². The van der Waals surface area contributed by atoms with Gasteiger partial charge in [-0.2, -0.15) is 0 Å². The van der Waals surface area contributed by atoms with E-state index >= 15 is 0 Å². The van der Waals surface area contributed by atoms with Crippen LogP contribution in [0, 0.1) is 6.61 Å². The van der Waals surface area contributed by atoms with Crippen molar-refractivity contribution < 1.29 is 9.84 Å². The van der Waals surface area contributed by atoms with E-state index in [1.54, 1.807) is 13.5 Å². The Balaban J connectivity index is 2.68. The summed E-state index contributed by atoms with van der Waals surface area (Å²) in [5, 5.41) is 8.43. The molecule has 1 unspecified atom stereocenters. The van der Waals surface area contributed by atoms with Crippen molar-refractivity contribution in [2.75, 3.05) is 0 Å². The summed E-state index contributed by atoms with van der Waals surface area (Å²) in [6.45, 7) is 5.10. The van der Waals surface area contributed by atoms with E-state index in [-0.39, 0.29) is 0 Å². The van der Waals surface area contributed by atoms with Crippen LogP contribution in [0.2, 0.25) is 0 Å². The van der Waals surface area contributed by atoms with Crippen LogP contribution in [-0.2, 0) is 4.74 Å². The third-order valence-corrected chi connectivity index (χ3v) is 0.460. The summed E-state index contributed by atoms with van der Waals surface area (Å²) in [6, 6.07) is 0. The fourth-order valence-electron chi connectivity index (χ4n) is 0.235. The predicted octanol–water partition coefficient (Wildman–Crippen LogP) is 0.913. The Hall–Kier alpha value is -0.0800. The Bertz CT molecular complexity index is 35.1. The molecule has 0 aromatic rings. The van der Waals surface area contributed by atoms with E-state index in [0.717, 1.165) is 6.42 Å². The van der Waals surface area contributed by atoms with Gasteiger partial charge in [-0.1, -0.05) is 6.92 Å². The molecule has 0 saturated heterocycles. The molecule has 0 rings (SSSR count). The molecule has 0 spiro atoms. The van der Waals surface area contributed by atoms with Gasteiger partial charge in [-0.05, 0) is 13.3 Å². The summed E-state index contributed by atoms with van der Waals surface area (Å²) in [7, 11) is 0. The molecule has 0 bridgehead atoms. The van der Waals surface area contributed by atoms with E-state index in [1.165, 1.54) is 0 Å². The van der Waals surface area contributed by atoms with E-state index in [4.69, 9.17) is 5.11 Å². The molecule has 0 aliphatic heterocycles. The van der Waals surface area contributed by atoms with Crippen LogP contribution in [-0.4, -0.2) is 11.4 Å². The van der Waals surface area contributed by atoms with E-state index in [0.29, 0.717) is 0 Å². The molecule has 0 heterocycles. The zero-order valence-electron chi connectivity index (χ0n) is 4.72. The van der Waals surface area contributed by atoms with E-state index in [9.17, 15) is 0 Å². The van der Waals surface area contributed by atoms with Crippen LogP contribution in [0.15, 0.2) is 0 Å². The molecule has 2 nitrogen and oxygen atoms in total. The van der Waals surface area contributed by atoms with Gasteiger partial charge in [0.05, 0.1) is 6.61 Å². The lowest BCUT2D eigenvalue weighted by atomic mass is 10.5. The van der Waals surface area contributed by atoms with Crippen molar-refractivity contribution in [2.45, 2.75) is 26.6 Å². The lowest BCUT2D eigenvalue weighted by molar-refractivity contribution is -0.0568. The first kappa shape index (κ1) is 6.92. The van der Waals surface area contributed by atoms with Crippen LogP contribution in [0.1, 0.15) is 20.3 Å². The van der Waals surface area contributed by atoms with Gasteiger partial charge >= 0.3 is 0 Å². The largest absolute Gasteiger partial charge is 0.368 e. The van der Waals surface area contributed by atoms with Gasteiger partial charge in [0, 0.05) is 0 Å². The van der Waals surface area contributed by atoms with Crippen LogP contribution in [0.3, 0.4) is 0 Å². The number of aliphatic hydroxyl groups is 1. The molecule has 0 saturated carbocycles. The molecular formula is C5H11O2. The van der Waals surface area contributed by atoms with Gasteiger partial charge in [-0.25, -0.2) is 0 Å². The van der Waals surface area contributed by atoms with Gasteiger partial charge in [0.1, 0.15) is 0 Å². The van der Waals surface area contributed by atoms with Crippen LogP contribution in [0.4, 0.5) is 0 Å². The Morgan fingerprint density at radius 2 is 2.43 bits per heavy atom. The molecule has 43 valence electrons. The molecular weight excluding hydrogens is 92.1 g/mol. The highest BCUT2D eigenvalue weighted by Crippen LogP contribution is 1.90. The summed E-state index contributed by atoms with van der Waals surface area (Å²) in [4.78, 5) is 0. The predicted molar refractivity (Wildman–Crippen MR) is 27.4 cm³/mol. The van der Waals surface area contributed by atoms with Crippen LogP contribution >= 0.6 is 0 Å². The second-order valence-electron chi connectivity index (χ2n) is 1.31. The topological polar surface area (TPSA) is 29.5 Å². The normalized spacial score (nSPS) is 14.1. The first-order valence-corrected chi connectivity index (χ1v) is 2.42. The molecule has 0 fully saturated rings. The minimum absolute atomic E-state index is 0.653. The molecule has 2 heteroatoms. The summed E-state index contributed by atoms with van der Waals surface area (Å²) < 4.78 is 4.62. The molecule has 0 aromatic carbocycles. The number of aliphatic hydroxyl groups excluding tert-OH is 1. The third kappa shape index (κ3) is 5.92. The summed E-state index contributed by atoms with van der Waals surface area (Å²) in [5.74, 6) is 0. The quantitative estimate of drug-likeness (QED) is 0.538. The highest BCUT2D eigenvalue weighted by Gasteiger charge is 1.89. The number of hydrogen-bond donors (Lipinski definition) is 1. The maximum atomic E-state index is 8.43. The van der Waals surface area contributed by atoms with Crippen LogP contribution in [0.5, 0.6) is 0 Å². The van der Waals surface area contributed by atoms with Crippen molar-refractivity contribution in [3.05, 3.63) is 6.61 Å². The smallest absolute Gasteiger partial charge is 0.152 e. The van der Waals surface area contributed by atoms with Gasteiger partial charge in [-0.3, -0.25) is 0 Å². The average molecular weight is 103 g/mol. The van der Waals surface area contributed by atoms with Crippen molar-refractivity contribution >= 4 is 0 Å². The van der Waals surface area contributed by atoms with Crippen LogP contribution in [0.25, 0.3) is 0 Å². The molecule has 0 aliphatic rings. The molecule has 1 N–H and O–H groups in total. The highest BCUT2D eigenvalue weighted by atomic mass is 16.6. The van der Waals surface area contributed by atoms with E-state index < -0.39 is 6.29 Å². The fraction of sp³-hybridized carbons (Fsp3) is 0.800. The monoisotopic (exact) mass is 103 g/mol. The molecule has 7 heavy (non-hydrogen) atoms. The molecule has 1 atom stereocenters. The zero-order valence-corrected chi connectivity index (χ0v) is 4.72. The average Bonchev–Trinajstić information content (AvgIpc) is 1.61. The second kappa shape index (κ2) is 4.09. The van der Waals surface area contributed by atoms with Crippen molar-refractivity contribution in [3.8, 4) is 0 Å². The first-order valence-electron chi connectivity index (χ1n) is 2.42. The summed E-state index contributed by atoms with van der Waals surface area (Å²) >= 11 is 0. The van der Waals surface area contributed by atoms with Crippen molar-refractivity contribution in [1.29, 1.82) is 0 Å². The SMILES string of the molecule is CC[CH]OC(C)O. The maximum Gasteiger partial charge on any atom is 0.152 e. The van der Waals surface area contributed by atoms with Crippen molar-refractivity contribution in [1.82, 2.24) is 0 Å². The zero-order chi connectivity index (χ0) is 5.70. The minimum atomic E-state index is -0.653. The molecule has 0 aromatic heterocycles. The Morgan fingerprint density at radius 3 is 2.57 bits per heavy atom. The maximum absolute atomic E-state index is 8.43. The van der Waals surface area contributed by atoms with E-state index in [1.807, 2.05) is 6.92 Å². The van der Waals surface area contributed by atoms with Gasteiger partial charge in [0.2, 0.25) is 0 Å². The van der Waals surface area contributed by atoms with Crippen molar-refractivity contribution in [3.63, 3.8) is 0 Å². The number of ether oxygens (including phenoxy) is 1. The Labute approximate surface area is 44.1 Å². The fourth-order valence-corrected chi connectivity index (χ4v) is 0.235. The van der Waals surface area contributed by atoms with Crippen LogP contribution < -0.4 is 0 Å².